The second-order valence-electron chi connectivity index (χ2n) is 18.9. The number of ketones is 1. The summed E-state index contributed by atoms with van der Waals surface area (Å²) in [7, 11) is 0. The molecule has 2 aromatic heterocycles. The Morgan fingerprint density at radius 1 is 0.818 bits per heavy atom. The van der Waals surface area contributed by atoms with E-state index in [9.17, 15) is 15.2 Å². The molecular formula is C48H62IrN3O2S-. The van der Waals surface area contributed by atoms with Gasteiger partial charge in [0.15, 0.2) is 5.78 Å². The van der Waals surface area contributed by atoms with Crippen LogP contribution < -0.4 is 0 Å². The number of hydrogen-bond acceptors (Lipinski definition) is 6. The predicted molar refractivity (Wildman–Crippen MR) is 230 cm³/mol. The number of nitrogens with zero attached hydrogens (tertiary/aromatic N) is 3. The number of aliphatic hydroxyl groups is 1. The van der Waals surface area contributed by atoms with Crippen LogP contribution in [0.3, 0.4) is 0 Å². The summed E-state index contributed by atoms with van der Waals surface area (Å²) in [5, 5.41) is 23.0. The molecule has 5 aromatic rings. The fraction of sp³-hybridized carbons (Fsp3) is 0.500. The Labute approximate surface area is 348 Å². The van der Waals surface area contributed by atoms with E-state index in [1.54, 1.807) is 17.7 Å². The molecule has 5 rings (SSSR count). The molecule has 0 aliphatic heterocycles. The van der Waals surface area contributed by atoms with Crippen molar-refractivity contribution in [3.8, 4) is 17.3 Å². The maximum atomic E-state index is 12.3. The molecule has 0 unspecified atom stereocenters. The quantitative estimate of drug-likeness (QED) is 0.0856. The van der Waals surface area contributed by atoms with Gasteiger partial charge in [-0.2, -0.15) is 5.26 Å². The molecule has 7 heteroatoms. The summed E-state index contributed by atoms with van der Waals surface area (Å²) in [4.78, 5) is 21.8. The van der Waals surface area contributed by atoms with Gasteiger partial charge in [-0.3, -0.25) is 9.78 Å². The maximum absolute atomic E-state index is 12.3. The van der Waals surface area contributed by atoms with Crippen molar-refractivity contribution in [2.75, 3.05) is 0 Å². The minimum atomic E-state index is -0.0119. The van der Waals surface area contributed by atoms with E-state index >= 15 is 0 Å². The molecule has 3 aromatic carbocycles. The van der Waals surface area contributed by atoms with Gasteiger partial charge in [0.05, 0.1) is 17.3 Å². The Bertz CT molecular complexity index is 2160. The Kier molecular flexibility index (Phi) is 15.6. The van der Waals surface area contributed by atoms with Crippen LogP contribution in [0, 0.1) is 63.7 Å². The van der Waals surface area contributed by atoms with Gasteiger partial charge in [-0.05, 0) is 59.0 Å². The Hall–Kier alpha value is -3.43. The van der Waals surface area contributed by atoms with Crippen LogP contribution >= 0.6 is 11.3 Å². The molecule has 0 aliphatic carbocycles. The molecule has 1 N–H and O–H groups in total. The molecule has 0 saturated carbocycles. The smallest absolute Gasteiger partial charge is 0.162 e. The van der Waals surface area contributed by atoms with Crippen LogP contribution in [-0.2, 0) is 37.7 Å². The van der Waals surface area contributed by atoms with Crippen molar-refractivity contribution in [1.29, 1.82) is 5.26 Å². The van der Waals surface area contributed by atoms with Crippen molar-refractivity contribution in [2.24, 2.45) is 46.3 Å². The number of carbonyl (C=O) groups excluding carboxylic acids is 1. The second kappa shape index (κ2) is 18.7. The number of fused-ring (bicyclic) bond motifs is 4. The zero-order valence-corrected chi connectivity index (χ0v) is 38.7. The van der Waals surface area contributed by atoms with Gasteiger partial charge in [-0.15, -0.1) is 40.5 Å². The SMILES string of the molecule is CC(C)(C)Cc1ccc2c(c1)sc1c(-c3[c-]c4cc(C#N)ccc4c(CC(C)(C)C)c3)ncnc12.CC(C)C(C(=O)/C=C(\O)C(C(C)C)C(C)C)C(C)C.[Ir]. The number of carbonyl (C=O) groups is 1. The largest absolute Gasteiger partial charge is 0.512 e. The standard InChI is InChI=1S/C31H30N3S.C17H32O2.Ir/c1-30(2,3)15-19-7-10-25-26(12-19)35-29-27(33-18-34-28(25)29)22-13-21-11-20(17-32)8-9-24(21)23(14-22)16-31(4,5)6;1-10(2)16(11(3)4)14(18)9-15(19)17(12(5)6)13(7)8;/h7-12,14,18H,15-16H2,1-6H3;9-13,16-18H,1-8H3;/q-1;;/b;14-9-;. The van der Waals surface area contributed by atoms with E-state index in [-0.39, 0.29) is 54.3 Å². The van der Waals surface area contributed by atoms with E-state index in [1.807, 2.05) is 12.1 Å². The van der Waals surface area contributed by atoms with E-state index in [2.05, 4.69) is 144 Å². The molecule has 297 valence electrons. The van der Waals surface area contributed by atoms with E-state index < -0.39 is 0 Å². The first kappa shape index (κ1) is 46.0. The maximum Gasteiger partial charge on any atom is 0.162 e. The molecule has 2 heterocycles. The Balaban J connectivity index is 0.000000349. The Morgan fingerprint density at radius 2 is 1.40 bits per heavy atom. The van der Waals surface area contributed by atoms with Gasteiger partial charge in [0.25, 0.3) is 0 Å². The number of thiophene rings is 1. The fourth-order valence-corrected chi connectivity index (χ4v) is 9.25. The summed E-state index contributed by atoms with van der Waals surface area (Å²) >= 11 is 1.76. The van der Waals surface area contributed by atoms with E-state index in [4.69, 9.17) is 4.98 Å². The topological polar surface area (TPSA) is 86.9 Å². The minimum absolute atomic E-state index is 0. The average molecular weight is 937 g/mol. The van der Waals surface area contributed by atoms with Crippen molar-refractivity contribution in [1.82, 2.24) is 9.97 Å². The zero-order chi connectivity index (χ0) is 40.3. The number of nitriles is 1. The summed E-state index contributed by atoms with van der Waals surface area (Å²) < 4.78 is 2.33. The number of aliphatic hydroxyl groups excluding tert-OH is 1. The van der Waals surface area contributed by atoms with Crippen molar-refractivity contribution in [3.63, 3.8) is 0 Å². The van der Waals surface area contributed by atoms with Crippen molar-refractivity contribution in [2.45, 2.75) is 110 Å². The summed E-state index contributed by atoms with van der Waals surface area (Å²) in [6, 6.07) is 20.7. The summed E-state index contributed by atoms with van der Waals surface area (Å²) in [5.74, 6) is 1.63. The third-order valence-corrected chi connectivity index (χ3v) is 11.1. The van der Waals surface area contributed by atoms with Gasteiger partial charge in [-0.1, -0.05) is 132 Å². The first-order valence-electron chi connectivity index (χ1n) is 19.6. The summed E-state index contributed by atoms with van der Waals surface area (Å²) in [6.07, 6.45) is 5.11. The van der Waals surface area contributed by atoms with Crippen LogP contribution in [0.15, 0.2) is 60.6 Å². The van der Waals surface area contributed by atoms with Gasteiger partial charge in [0, 0.05) is 64.1 Å². The van der Waals surface area contributed by atoms with Gasteiger partial charge < -0.3 is 5.11 Å². The van der Waals surface area contributed by atoms with Gasteiger partial charge in [0.1, 0.15) is 6.33 Å². The first-order valence-corrected chi connectivity index (χ1v) is 20.4. The van der Waals surface area contributed by atoms with Crippen LogP contribution in [0.2, 0.25) is 0 Å². The van der Waals surface area contributed by atoms with Crippen LogP contribution in [0.1, 0.15) is 114 Å². The molecule has 0 amide bonds. The Morgan fingerprint density at radius 3 is 1.95 bits per heavy atom. The molecule has 0 aliphatic rings. The molecule has 0 atom stereocenters. The normalized spacial score (nSPS) is 12.7. The molecule has 0 bridgehead atoms. The zero-order valence-electron chi connectivity index (χ0n) is 35.5. The summed E-state index contributed by atoms with van der Waals surface area (Å²) in [6.45, 7) is 30.2. The molecular weight excluding hydrogens is 875 g/mol. The molecule has 0 spiro atoms. The van der Waals surface area contributed by atoms with E-state index in [0.717, 1.165) is 45.1 Å². The monoisotopic (exact) mass is 937 g/mol. The van der Waals surface area contributed by atoms with Gasteiger partial charge in [-0.25, -0.2) is 4.98 Å². The predicted octanol–water partition coefficient (Wildman–Crippen LogP) is 13.4. The third kappa shape index (κ3) is 11.8. The minimum Gasteiger partial charge on any atom is -0.512 e. The number of allylic oxidation sites excluding steroid dienone is 2. The number of hydrogen-bond donors (Lipinski definition) is 1. The first-order chi connectivity index (χ1) is 25.1. The third-order valence-electron chi connectivity index (χ3n) is 9.94. The van der Waals surface area contributed by atoms with Crippen LogP contribution in [-0.4, -0.2) is 20.9 Å². The van der Waals surface area contributed by atoms with Crippen LogP contribution in [0.25, 0.3) is 42.3 Å². The average Bonchev–Trinajstić information content (AvgIpc) is 3.40. The van der Waals surface area contributed by atoms with Crippen molar-refractivity contribution >= 4 is 48.2 Å². The fourth-order valence-electron chi connectivity index (χ4n) is 8.03. The van der Waals surface area contributed by atoms with Gasteiger partial charge in [0.2, 0.25) is 0 Å². The number of benzene rings is 3. The van der Waals surface area contributed by atoms with E-state index in [0.29, 0.717) is 29.2 Å². The van der Waals surface area contributed by atoms with Crippen molar-refractivity contribution in [3.05, 3.63) is 83.4 Å². The summed E-state index contributed by atoms with van der Waals surface area (Å²) in [5.41, 5.74) is 6.48. The number of aromatic nitrogens is 2. The van der Waals surface area contributed by atoms with Gasteiger partial charge >= 0.3 is 0 Å². The van der Waals surface area contributed by atoms with Crippen LogP contribution in [0.4, 0.5) is 0 Å². The van der Waals surface area contributed by atoms with Crippen molar-refractivity contribution < 1.29 is 30.0 Å². The molecule has 0 saturated heterocycles. The van der Waals surface area contributed by atoms with E-state index in [1.165, 1.54) is 27.3 Å². The molecule has 1 radical (unpaired) electrons. The van der Waals surface area contributed by atoms with Crippen LogP contribution in [0.5, 0.6) is 0 Å². The molecule has 0 fully saturated rings. The second-order valence-corrected chi connectivity index (χ2v) is 19.9. The number of rotatable bonds is 10. The molecule has 55 heavy (non-hydrogen) atoms. The molecule has 5 nitrogen and oxygen atoms in total.